The number of nitrogens with one attached hydrogen (secondary N) is 1. The summed E-state index contributed by atoms with van der Waals surface area (Å²) in [7, 11) is -0.977. The molecule has 1 N–H and O–H groups in total. The zero-order chi connectivity index (χ0) is 20.0. The molecule has 2 aromatic carbocycles. The molecule has 9 heteroatoms. The van der Waals surface area contributed by atoms with Gasteiger partial charge in [-0.15, -0.1) is 0 Å². The Morgan fingerprint density at radius 3 is 2.67 bits per heavy atom. The summed E-state index contributed by atoms with van der Waals surface area (Å²) in [5.41, 5.74) is 3.68. The summed E-state index contributed by atoms with van der Waals surface area (Å²) in [6.07, 6.45) is 1.42. The molecular weight excluding hydrogens is 390 g/mol. The van der Waals surface area contributed by atoms with E-state index >= 15 is 0 Å². The van der Waals surface area contributed by atoms with Crippen molar-refractivity contribution in [3.05, 3.63) is 58.6 Å². The Morgan fingerprint density at radius 2 is 2.04 bits per heavy atom. The molecule has 0 aromatic heterocycles. The smallest absolute Gasteiger partial charge is 0.255 e. The molecule has 0 aliphatic rings. The number of hydrogen-bond acceptors (Lipinski definition) is 5. The second-order valence-corrected chi connectivity index (χ2v) is 8.22. The normalized spacial score (nSPS) is 11.7. The summed E-state index contributed by atoms with van der Waals surface area (Å²) in [6, 6.07) is 11.4. The molecule has 0 saturated carbocycles. The number of nitrogens with zero attached hydrogens (tertiary/aromatic N) is 2. The highest BCUT2D eigenvalue weighted by molar-refractivity contribution is 7.89. The number of likely N-dealkylation sites (N-methyl/N-ethyl adjacent to an activating group) is 1. The summed E-state index contributed by atoms with van der Waals surface area (Å²) in [5.74, 6) is 0.0225. The second kappa shape index (κ2) is 8.98. The number of aryl methyl sites for hydroxylation is 1. The van der Waals surface area contributed by atoms with Crippen LogP contribution in [0.25, 0.3) is 0 Å². The van der Waals surface area contributed by atoms with Crippen LogP contribution in [0.3, 0.4) is 0 Å². The van der Waals surface area contributed by atoms with Gasteiger partial charge >= 0.3 is 0 Å². The number of halogens is 1. The zero-order valence-electron chi connectivity index (χ0n) is 15.1. The average Bonchev–Trinajstić information content (AvgIpc) is 2.61. The number of sulfonamides is 1. The van der Waals surface area contributed by atoms with Gasteiger partial charge < -0.3 is 4.74 Å². The number of carbonyl (C=O) groups is 1. The van der Waals surface area contributed by atoms with Crippen LogP contribution in [0.4, 0.5) is 0 Å². The van der Waals surface area contributed by atoms with Gasteiger partial charge in [-0.05, 0) is 48.4 Å². The molecule has 0 aliphatic heterocycles. The number of carbonyl (C=O) groups excluding carboxylic acids is 1. The molecule has 0 heterocycles. The number of rotatable bonds is 7. The van der Waals surface area contributed by atoms with Gasteiger partial charge in [0.15, 0.2) is 0 Å². The number of benzene rings is 2. The van der Waals surface area contributed by atoms with Gasteiger partial charge in [-0.1, -0.05) is 23.7 Å². The lowest BCUT2D eigenvalue weighted by Gasteiger charge is -2.17. The van der Waals surface area contributed by atoms with Crippen LogP contribution in [0, 0.1) is 6.92 Å². The summed E-state index contributed by atoms with van der Waals surface area (Å²) < 4.78 is 31.3. The minimum absolute atomic E-state index is 0.0820. The van der Waals surface area contributed by atoms with Gasteiger partial charge in [0.1, 0.15) is 5.75 Å². The maximum Gasteiger partial charge on any atom is 0.255 e. The van der Waals surface area contributed by atoms with Crippen molar-refractivity contribution in [2.24, 2.45) is 5.10 Å². The summed E-state index contributed by atoms with van der Waals surface area (Å²) in [5, 5.41) is 4.35. The molecule has 27 heavy (non-hydrogen) atoms. The first-order chi connectivity index (χ1) is 12.7. The fourth-order valence-corrected chi connectivity index (χ4v) is 3.69. The summed E-state index contributed by atoms with van der Waals surface area (Å²) in [4.78, 5) is 12.1. The van der Waals surface area contributed by atoms with E-state index in [9.17, 15) is 13.2 Å². The molecule has 0 unspecified atom stereocenters. The van der Waals surface area contributed by atoms with Crippen molar-refractivity contribution in [3.8, 4) is 5.75 Å². The van der Waals surface area contributed by atoms with Gasteiger partial charge in [-0.25, -0.2) is 13.8 Å². The molecule has 0 bridgehead atoms. The van der Waals surface area contributed by atoms with Gasteiger partial charge in [0.25, 0.3) is 5.91 Å². The highest BCUT2D eigenvalue weighted by atomic mass is 35.5. The average molecular weight is 410 g/mol. The molecule has 0 atom stereocenters. The van der Waals surface area contributed by atoms with Crippen molar-refractivity contribution in [2.75, 3.05) is 20.7 Å². The first-order valence-electron chi connectivity index (χ1n) is 7.92. The van der Waals surface area contributed by atoms with Gasteiger partial charge in [0.05, 0.1) is 24.8 Å². The highest BCUT2D eigenvalue weighted by Gasteiger charge is 2.23. The largest absolute Gasteiger partial charge is 0.496 e. The topological polar surface area (TPSA) is 88.1 Å². The third kappa shape index (κ3) is 5.53. The van der Waals surface area contributed by atoms with Crippen molar-refractivity contribution in [1.29, 1.82) is 0 Å². The molecule has 2 aromatic rings. The maximum atomic E-state index is 12.6. The fraction of sp³-hybridized carbons (Fsp3) is 0.222. The van der Waals surface area contributed by atoms with Gasteiger partial charge in [0.2, 0.25) is 10.0 Å². The molecule has 7 nitrogen and oxygen atoms in total. The van der Waals surface area contributed by atoms with Crippen LogP contribution in [0.1, 0.15) is 11.1 Å². The van der Waals surface area contributed by atoms with E-state index in [-0.39, 0.29) is 11.4 Å². The van der Waals surface area contributed by atoms with E-state index in [4.69, 9.17) is 16.3 Å². The van der Waals surface area contributed by atoms with E-state index in [0.717, 1.165) is 4.31 Å². The highest BCUT2D eigenvalue weighted by Crippen LogP contribution is 2.23. The minimum Gasteiger partial charge on any atom is -0.496 e. The van der Waals surface area contributed by atoms with E-state index in [1.807, 2.05) is 0 Å². The lowest BCUT2D eigenvalue weighted by atomic mass is 10.2. The lowest BCUT2D eigenvalue weighted by molar-refractivity contribution is -0.121. The molecule has 144 valence electrons. The summed E-state index contributed by atoms with van der Waals surface area (Å²) in [6.45, 7) is 1.37. The van der Waals surface area contributed by atoms with Crippen LogP contribution in [-0.2, 0) is 14.8 Å². The maximum absolute atomic E-state index is 12.6. The quantitative estimate of drug-likeness (QED) is 0.562. The molecule has 1 amide bonds. The minimum atomic E-state index is -3.82. The first kappa shape index (κ1) is 20.9. The van der Waals surface area contributed by atoms with Crippen LogP contribution < -0.4 is 10.2 Å². The zero-order valence-corrected chi connectivity index (χ0v) is 16.7. The molecule has 2 rings (SSSR count). The third-order valence-electron chi connectivity index (χ3n) is 3.69. The molecule has 0 aliphatic carbocycles. The Hall–Kier alpha value is -2.42. The van der Waals surface area contributed by atoms with Crippen LogP contribution in [0.5, 0.6) is 5.75 Å². The number of methoxy groups -OCH3 is 1. The van der Waals surface area contributed by atoms with Crippen LogP contribution in [0.15, 0.2) is 52.5 Å². The van der Waals surface area contributed by atoms with Gasteiger partial charge in [-0.2, -0.15) is 9.41 Å². The Labute approximate surface area is 163 Å². The van der Waals surface area contributed by atoms with Crippen LogP contribution >= 0.6 is 11.6 Å². The molecular formula is C18H20ClN3O4S. The van der Waals surface area contributed by atoms with E-state index in [1.165, 1.54) is 32.5 Å². The SMILES string of the molecule is COc1ccc(S(=O)(=O)N(C)CC(=O)N/N=C\c2cccc(Cl)c2)cc1C. The number of amides is 1. The Balaban J connectivity index is 2.01. The summed E-state index contributed by atoms with van der Waals surface area (Å²) >= 11 is 5.86. The van der Waals surface area contributed by atoms with Crippen molar-refractivity contribution in [3.63, 3.8) is 0 Å². The molecule has 0 fully saturated rings. The third-order valence-corrected chi connectivity index (χ3v) is 5.73. The van der Waals surface area contributed by atoms with Crippen molar-refractivity contribution < 1.29 is 17.9 Å². The van der Waals surface area contributed by atoms with Crippen LogP contribution in [-0.4, -0.2) is 45.5 Å². The molecule has 0 saturated heterocycles. The Kier molecular flexibility index (Phi) is 6.95. The van der Waals surface area contributed by atoms with E-state index < -0.39 is 15.9 Å². The van der Waals surface area contributed by atoms with E-state index in [1.54, 1.807) is 37.3 Å². The standard InChI is InChI=1S/C18H20ClN3O4S/c1-13-9-16(7-8-17(13)26-3)27(24,25)22(2)12-18(23)21-20-11-14-5-4-6-15(19)10-14/h4-11H,12H2,1-3H3,(H,21,23)/b20-11-. The lowest BCUT2D eigenvalue weighted by Crippen LogP contribution is -2.36. The predicted octanol–water partition coefficient (Wildman–Crippen LogP) is 2.43. The number of hydrazone groups is 1. The second-order valence-electron chi connectivity index (χ2n) is 5.74. The molecule has 0 radical (unpaired) electrons. The van der Waals surface area contributed by atoms with E-state index in [0.29, 0.717) is 21.9 Å². The Bertz CT molecular complexity index is 961. The first-order valence-corrected chi connectivity index (χ1v) is 9.74. The molecule has 0 spiro atoms. The van der Waals surface area contributed by atoms with Crippen molar-refractivity contribution in [1.82, 2.24) is 9.73 Å². The predicted molar refractivity (Wildman–Crippen MR) is 105 cm³/mol. The van der Waals surface area contributed by atoms with E-state index in [2.05, 4.69) is 10.5 Å². The number of hydrogen-bond donors (Lipinski definition) is 1. The van der Waals surface area contributed by atoms with Crippen LogP contribution in [0.2, 0.25) is 5.02 Å². The Morgan fingerprint density at radius 1 is 1.30 bits per heavy atom. The van der Waals surface area contributed by atoms with Crippen molar-refractivity contribution >= 4 is 33.7 Å². The fourth-order valence-electron chi connectivity index (χ4n) is 2.28. The van der Waals surface area contributed by atoms with Gasteiger partial charge in [-0.3, -0.25) is 4.79 Å². The van der Waals surface area contributed by atoms with Crippen molar-refractivity contribution in [2.45, 2.75) is 11.8 Å². The number of ether oxygens (including phenoxy) is 1. The monoisotopic (exact) mass is 409 g/mol. The van der Waals surface area contributed by atoms with Gasteiger partial charge in [0, 0.05) is 12.1 Å².